The molecule has 2 aromatic carbocycles. The fourth-order valence-corrected chi connectivity index (χ4v) is 3.49. The third kappa shape index (κ3) is 5.40. The molecule has 1 atom stereocenters. The second-order valence-electron chi connectivity index (χ2n) is 6.02. The number of alkyl halides is 3. The molecule has 0 saturated heterocycles. The van der Waals surface area contributed by atoms with Crippen molar-refractivity contribution in [3.63, 3.8) is 0 Å². The fourth-order valence-electron chi connectivity index (χ4n) is 2.66. The SMILES string of the molecule is O=C(Cc1csc(Cc2ccccc2)n1)NC(c1ccccc1)C(F)(F)F. The number of hydrogen-bond acceptors (Lipinski definition) is 3. The number of rotatable bonds is 6. The number of thiazole rings is 1. The van der Waals surface area contributed by atoms with Crippen LogP contribution in [-0.2, 0) is 17.6 Å². The zero-order valence-corrected chi connectivity index (χ0v) is 15.1. The van der Waals surface area contributed by atoms with Crippen LogP contribution in [0.15, 0.2) is 66.0 Å². The van der Waals surface area contributed by atoms with Crippen molar-refractivity contribution in [2.24, 2.45) is 0 Å². The minimum atomic E-state index is -4.57. The molecule has 0 spiro atoms. The highest BCUT2D eigenvalue weighted by molar-refractivity contribution is 7.09. The van der Waals surface area contributed by atoms with Gasteiger partial charge in [-0.05, 0) is 11.1 Å². The number of nitrogens with one attached hydrogen (secondary N) is 1. The molecule has 0 fully saturated rings. The largest absolute Gasteiger partial charge is 0.412 e. The Balaban J connectivity index is 1.64. The van der Waals surface area contributed by atoms with Gasteiger partial charge in [-0.15, -0.1) is 11.3 Å². The summed E-state index contributed by atoms with van der Waals surface area (Å²) in [5, 5.41) is 4.61. The maximum absolute atomic E-state index is 13.3. The topological polar surface area (TPSA) is 42.0 Å². The van der Waals surface area contributed by atoms with Crippen LogP contribution in [0.2, 0.25) is 0 Å². The van der Waals surface area contributed by atoms with Crippen molar-refractivity contribution in [3.8, 4) is 0 Å². The van der Waals surface area contributed by atoms with E-state index in [1.54, 1.807) is 11.4 Å². The van der Waals surface area contributed by atoms with Gasteiger partial charge in [0, 0.05) is 11.8 Å². The van der Waals surface area contributed by atoms with Crippen molar-refractivity contribution in [1.29, 1.82) is 0 Å². The number of aromatic nitrogens is 1. The van der Waals surface area contributed by atoms with E-state index in [0.29, 0.717) is 12.1 Å². The molecule has 0 bridgehead atoms. The third-order valence-electron chi connectivity index (χ3n) is 3.90. The van der Waals surface area contributed by atoms with Crippen molar-refractivity contribution in [3.05, 3.63) is 87.9 Å². The summed E-state index contributed by atoms with van der Waals surface area (Å²) < 4.78 is 40.0. The molecule has 1 N–H and O–H groups in total. The molecule has 3 rings (SSSR count). The molecule has 27 heavy (non-hydrogen) atoms. The average molecular weight is 390 g/mol. The van der Waals surface area contributed by atoms with Gasteiger partial charge in [0.1, 0.15) is 0 Å². The monoisotopic (exact) mass is 390 g/mol. The number of carbonyl (C=O) groups is 1. The third-order valence-corrected chi connectivity index (χ3v) is 4.80. The van der Waals surface area contributed by atoms with Crippen molar-refractivity contribution in [2.75, 3.05) is 0 Å². The van der Waals surface area contributed by atoms with Gasteiger partial charge in [0.2, 0.25) is 5.91 Å². The van der Waals surface area contributed by atoms with Crippen LogP contribution in [0.4, 0.5) is 13.2 Å². The van der Waals surface area contributed by atoms with Crippen LogP contribution in [-0.4, -0.2) is 17.1 Å². The average Bonchev–Trinajstić information content (AvgIpc) is 3.07. The predicted molar refractivity (Wildman–Crippen MR) is 98.4 cm³/mol. The Morgan fingerprint density at radius 3 is 2.30 bits per heavy atom. The van der Waals surface area contributed by atoms with Gasteiger partial charge >= 0.3 is 6.18 Å². The molecule has 140 valence electrons. The lowest BCUT2D eigenvalue weighted by Gasteiger charge is -2.21. The van der Waals surface area contributed by atoms with E-state index in [-0.39, 0.29) is 12.0 Å². The molecular formula is C20H17F3N2OS. The van der Waals surface area contributed by atoms with E-state index in [1.807, 2.05) is 30.3 Å². The molecule has 3 nitrogen and oxygen atoms in total. The molecule has 0 radical (unpaired) electrons. The molecule has 0 aliphatic rings. The van der Waals surface area contributed by atoms with E-state index in [0.717, 1.165) is 10.6 Å². The Kier molecular flexibility index (Phi) is 5.91. The van der Waals surface area contributed by atoms with Crippen LogP contribution in [0.25, 0.3) is 0 Å². The summed E-state index contributed by atoms with van der Waals surface area (Å²) in [6.45, 7) is 0. The molecule has 0 aliphatic heterocycles. The van der Waals surface area contributed by atoms with Gasteiger partial charge < -0.3 is 5.32 Å². The van der Waals surface area contributed by atoms with Gasteiger partial charge in [-0.2, -0.15) is 13.2 Å². The number of nitrogens with zero attached hydrogens (tertiary/aromatic N) is 1. The number of halogens is 3. The second-order valence-corrected chi connectivity index (χ2v) is 6.97. The van der Waals surface area contributed by atoms with Gasteiger partial charge in [-0.1, -0.05) is 60.7 Å². The zero-order valence-electron chi connectivity index (χ0n) is 14.2. The first-order valence-electron chi connectivity index (χ1n) is 8.30. The van der Waals surface area contributed by atoms with Crippen LogP contribution >= 0.6 is 11.3 Å². The number of amides is 1. The van der Waals surface area contributed by atoms with Gasteiger partial charge in [-0.25, -0.2) is 4.98 Å². The molecule has 1 amide bonds. The van der Waals surface area contributed by atoms with E-state index in [1.165, 1.54) is 35.6 Å². The van der Waals surface area contributed by atoms with E-state index in [4.69, 9.17) is 0 Å². The quantitative estimate of drug-likeness (QED) is 0.663. The Morgan fingerprint density at radius 2 is 1.67 bits per heavy atom. The Hall–Kier alpha value is -2.67. The van der Waals surface area contributed by atoms with E-state index >= 15 is 0 Å². The molecule has 0 aliphatic carbocycles. The minimum absolute atomic E-state index is 0.00129. The number of benzene rings is 2. The molecule has 7 heteroatoms. The van der Waals surface area contributed by atoms with Crippen molar-refractivity contribution in [1.82, 2.24) is 10.3 Å². The predicted octanol–water partition coefficient (Wildman–Crippen LogP) is 4.70. The lowest BCUT2D eigenvalue weighted by molar-refractivity contribution is -0.163. The zero-order chi connectivity index (χ0) is 19.3. The summed E-state index contributed by atoms with van der Waals surface area (Å²) in [6.07, 6.45) is -4.13. The first-order valence-corrected chi connectivity index (χ1v) is 9.18. The lowest BCUT2D eigenvalue weighted by Crippen LogP contribution is -2.38. The second kappa shape index (κ2) is 8.35. The summed E-state index contributed by atoms with van der Waals surface area (Å²) >= 11 is 1.39. The summed E-state index contributed by atoms with van der Waals surface area (Å²) in [7, 11) is 0. The smallest absolute Gasteiger partial charge is 0.340 e. The van der Waals surface area contributed by atoms with E-state index in [2.05, 4.69) is 10.3 Å². The Morgan fingerprint density at radius 1 is 1.04 bits per heavy atom. The highest BCUT2D eigenvalue weighted by atomic mass is 32.1. The first kappa shape index (κ1) is 19.1. The van der Waals surface area contributed by atoms with Gasteiger partial charge in [-0.3, -0.25) is 4.79 Å². The lowest BCUT2D eigenvalue weighted by atomic mass is 10.1. The van der Waals surface area contributed by atoms with Crippen molar-refractivity contribution < 1.29 is 18.0 Å². The maximum atomic E-state index is 13.3. The first-order chi connectivity index (χ1) is 12.9. The molecule has 1 unspecified atom stereocenters. The summed E-state index contributed by atoms with van der Waals surface area (Å²) in [5.74, 6) is -0.710. The van der Waals surface area contributed by atoms with Crippen LogP contribution in [0.3, 0.4) is 0 Å². The Labute approximate surface area is 158 Å². The summed E-state index contributed by atoms with van der Waals surface area (Å²) in [6, 6.07) is 15.0. The molecule has 0 saturated carbocycles. The maximum Gasteiger partial charge on any atom is 0.412 e. The fraction of sp³-hybridized carbons (Fsp3) is 0.200. The molecule has 1 heterocycles. The summed E-state index contributed by atoms with van der Waals surface area (Å²) in [4.78, 5) is 16.5. The number of hydrogen-bond donors (Lipinski definition) is 1. The van der Waals surface area contributed by atoms with Crippen LogP contribution in [0.5, 0.6) is 0 Å². The highest BCUT2D eigenvalue weighted by Crippen LogP contribution is 2.32. The standard InChI is InChI=1S/C20H17F3N2OS/c21-20(22,23)19(15-9-5-2-6-10-15)25-17(26)12-16-13-27-18(24-16)11-14-7-3-1-4-8-14/h1-10,13,19H,11-12H2,(H,25,26). The van der Waals surface area contributed by atoms with Crippen molar-refractivity contribution >= 4 is 17.2 Å². The van der Waals surface area contributed by atoms with Crippen molar-refractivity contribution in [2.45, 2.75) is 25.1 Å². The minimum Gasteiger partial charge on any atom is -0.340 e. The molecule has 3 aromatic rings. The van der Waals surface area contributed by atoms with Gasteiger partial charge in [0.25, 0.3) is 0 Å². The molecule has 1 aromatic heterocycles. The normalized spacial score (nSPS) is 12.6. The van der Waals surface area contributed by atoms with E-state index < -0.39 is 18.1 Å². The van der Waals surface area contributed by atoms with Crippen LogP contribution < -0.4 is 5.32 Å². The van der Waals surface area contributed by atoms with Crippen LogP contribution in [0, 0.1) is 0 Å². The van der Waals surface area contributed by atoms with E-state index in [9.17, 15) is 18.0 Å². The van der Waals surface area contributed by atoms with Gasteiger partial charge in [0.15, 0.2) is 6.04 Å². The van der Waals surface area contributed by atoms with Gasteiger partial charge in [0.05, 0.1) is 17.1 Å². The Bertz CT molecular complexity index is 879. The number of carbonyl (C=O) groups excluding carboxylic acids is 1. The molecular weight excluding hydrogens is 373 g/mol. The van der Waals surface area contributed by atoms with Crippen LogP contribution in [0.1, 0.15) is 27.9 Å². The summed E-state index contributed by atoms with van der Waals surface area (Å²) in [5.41, 5.74) is 1.56. The highest BCUT2D eigenvalue weighted by Gasteiger charge is 2.41.